The monoisotopic (exact) mass is 226 g/mol. The molecule has 2 rings (SSSR count). The number of hydrogen-bond acceptors (Lipinski definition) is 3. The van der Waals surface area contributed by atoms with E-state index in [9.17, 15) is 9.90 Å². The van der Waals surface area contributed by atoms with E-state index in [1.165, 1.54) is 0 Å². The highest BCUT2D eigenvalue weighted by atomic mass is 16.3. The van der Waals surface area contributed by atoms with Crippen molar-refractivity contribution in [3.8, 4) is 0 Å². The number of piperidine rings is 1. The average molecular weight is 226 g/mol. The maximum atomic E-state index is 12.1. The summed E-state index contributed by atoms with van der Waals surface area (Å²) in [6.45, 7) is 3.05. The minimum absolute atomic E-state index is 0.0919. The van der Waals surface area contributed by atoms with Crippen molar-refractivity contribution in [1.82, 2.24) is 10.2 Å². The van der Waals surface area contributed by atoms with E-state index in [2.05, 4.69) is 5.32 Å². The van der Waals surface area contributed by atoms with Crippen LogP contribution in [0.1, 0.15) is 32.1 Å². The van der Waals surface area contributed by atoms with Crippen LogP contribution in [-0.2, 0) is 4.79 Å². The molecule has 1 amide bonds. The number of aliphatic hydroxyl groups excluding tert-OH is 1. The van der Waals surface area contributed by atoms with Crippen LogP contribution in [0.25, 0.3) is 0 Å². The van der Waals surface area contributed by atoms with Gasteiger partial charge in [0.05, 0.1) is 12.6 Å². The van der Waals surface area contributed by atoms with E-state index in [0.717, 1.165) is 45.3 Å². The van der Waals surface area contributed by atoms with Crippen LogP contribution in [0.4, 0.5) is 0 Å². The lowest BCUT2D eigenvalue weighted by atomic mass is 9.94. The molecule has 0 bridgehead atoms. The van der Waals surface area contributed by atoms with Gasteiger partial charge in [-0.05, 0) is 44.7 Å². The summed E-state index contributed by atoms with van der Waals surface area (Å²) in [5, 5.41) is 12.5. The van der Waals surface area contributed by atoms with Crippen molar-refractivity contribution in [2.24, 2.45) is 5.92 Å². The zero-order chi connectivity index (χ0) is 11.4. The van der Waals surface area contributed by atoms with Gasteiger partial charge in [-0.3, -0.25) is 4.79 Å². The molecule has 2 heterocycles. The molecule has 0 aromatic carbocycles. The van der Waals surface area contributed by atoms with E-state index in [-0.39, 0.29) is 18.6 Å². The van der Waals surface area contributed by atoms with Crippen LogP contribution in [0.15, 0.2) is 0 Å². The van der Waals surface area contributed by atoms with E-state index in [1.54, 1.807) is 0 Å². The summed E-state index contributed by atoms with van der Waals surface area (Å²) in [6.07, 6.45) is 4.92. The predicted octanol–water partition coefficient (Wildman–Crippen LogP) is 0.359. The number of nitrogens with one attached hydrogen (secondary N) is 1. The van der Waals surface area contributed by atoms with E-state index >= 15 is 0 Å². The molecule has 2 N–H and O–H groups in total. The number of hydrogen-bond donors (Lipinski definition) is 2. The molecule has 1 unspecified atom stereocenters. The Morgan fingerprint density at radius 3 is 2.75 bits per heavy atom. The van der Waals surface area contributed by atoms with Gasteiger partial charge in [0, 0.05) is 13.0 Å². The maximum absolute atomic E-state index is 12.1. The molecule has 2 aliphatic rings. The fraction of sp³-hybridized carbons (Fsp3) is 0.917. The summed E-state index contributed by atoms with van der Waals surface area (Å²) < 4.78 is 0. The lowest BCUT2D eigenvalue weighted by Crippen LogP contribution is -2.39. The van der Waals surface area contributed by atoms with Crippen LogP contribution < -0.4 is 5.32 Å². The van der Waals surface area contributed by atoms with E-state index in [4.69, 9.17) is 0 Å². The van der Waals surface area contributed by atoms with Gasteiger partial charge in [-0.2, -0.15) is 0 Å². The van der Waals surface area contributed by atoms with E-state index in [0.29, 0.717) is 12.3 Å². The molecule has 0 aromatic heterocycles. The molecule has 16 heavy (non-hydrogen) atoms. The van der Waals surface area contributed by atoms with Gasteiger partial charge in [-0.25, -0.2) is 0 Å². The SMILES string of the molecule is O=C(CC1CCNCC1)N1CCCC1CO. The second-order valence-electron chi connectivity index (χ2n) is 4.96. The molecule has 0 spiro atoms. The minimum atomic E-state index is 0.0919. The van der Waals surface area contributed by atoms with Crippen molar-refractivity contribution in [1.29, 1.82) is 0 Å². The number of carbonyl (C=O) groups excluding carboxylic acids is 1. The summed E-state index contributed by atoms with van der Waals surface area (Å²) in [4.78, 5) is 14.0. The smallest absolute Gasteiger partial charge is 0.223 e. The number of carbonyl (C=O) groups is 1. The van der Waals surface area contributed by atoms with Crippen molar-refractivity contribution in [2.45, 2.75) is 38.1 Å². The quantitative estimate of drug-likeness (QED) is 0.730. The second kappa shape index (κ2) is 5.64. The van der Waals surface area contributed by atoms with Gasteiger partial charge in [-0.1, -0.05) is 0 Å². The van der Waals surface area contributed by atoms with Crippen molar-refractivity contribution < 1.29 is 9.90 Å². The van der Waals surface area contributed by atoms with Crippen LogP contribution in [0.2, 0.25) is 0 Å². The largest absolute Gasteiger partial charge is 0.394 e. The van der Waals surface area contributed by atoms with Gasteiger partial charge in [0.1, 0.15) is 0 Å². The Morgan fingerprint density at radius 2 is 2.06 bits per heavy atom. The third kappa shape index (κ3) is 2.74. The molecule has 1 atom stereocenters. The van der Waals surface area contributed by atoms with Crippen LogP contribution >= 0.6 is 0 Å². The Morgan fingerprint density at radius 1 is 1.31 bits per heavy atom. The number of nitrogens with zero attached hydrogens (tertiary/aromatic N) is 1. The van der Waals surface area contributed by atoms with Crippen LogP contribution in [0, 0.1) is 5.92 Å². The molecule has 92 valence electrons. The summed E-state index contributed by atoms with van der Waals surface area (Å²) in [5.74, 6) is 0.803. The Labute approximate surface area is 97.0 Å². The molecule has 4 heteroatoms. The van der Waals surface area contributed by atoms with Crippen molar-refractivity contribution in [3.05, 3.63) is 0 Å². The first-order valence-corrected chi connectivity index (χ1v) is 6.42. The molecular formula is C12H22N2O2. The number of aliphatic hydroxyl groups is 1. The summed E-state index contributed by atoms with van der Waals surface area (Å²) in [6, 6.07) is 0.0919. The topological polar surface area (TPSA) is 52.6 Å². The predicted molar refractivity (Wildman–Crippen MR) is 62.0 cm³/mol. The van der Waals surface area contributed by atoms with Gasteiger partial charge < -0.3 is 15.3 Å². The molecule has 2 saturated heterocycles. The van der Waals surface area contributed by atoms with Gasteiger partial charge in [-0.15, -0.1) is 0 Å². The van der Waals surface area contributed by atoms with Crippen LogP contribution in [0.3, 0.4) is 0 Å². The summed E-state index contributed by atoms with van der Waals surface area (Å²) in [7, 11) is 0. The first kappa shape index (κ1) is 11.9. The molecular weight excluding hydrogens is 204 g/mol. The Kier molecular flexibility index (Phi) is 4.18. The van der Waals surface area contributed by atoms with Gasteiger partial charge in [0.2, 0.25) is 5.91 Å². The number of likely N-dealkylation sites (tertiary alicyclic amines) is 1. The lowest BCUT2D eigenvalue weighted by molar-refractivity contribution is -0.133. The molecule has 0 aliphatic carbocycles. The standard InChI is InChI=1S/C12H22N2O2/c15-9-11-2-1-7-14(11)12(16)8-10-3-5-13-6-4-10/h10-11,13,15H,1-9H2. The Bertz CT molecular complexity index is 239. The number of amides is 1. The lowest BCUT2D eigenvalue weighted by Gasteiger charge is -2.27. The minimum Gasteiger partial charge on any atom is -0.394 e. The second-order valence-corrected chi connectivity index (χ2v) is 4.96. The molecule has 2 fully saturated rings. The van der Waals surface area contributed by atoms with Gasteiger partial charge in [0.25, 0.3) is 0 Å². The third-order valence-corrected chi connectivity index (χ3v) is 3.83. The fourth-order valence-electron chi connectivity index (χ4n) is 2.80. The average Bonchev–Trinajstić information content (AvgIpc) is 2.78. The highest BCUT2D eigenvalue weighted by molar-refractivity contribution is 5.77. The Balaban J connectivity index is 1.82. The maximum Gasteiger partial charge on any atom is 0.223 e. The zero-order valence-electron chi connectivity index (χ0n) is 9.82. The van der Waals surface area contributed by atoms with E-state index < -0.39 is 0 Å². The molecule has 0 aromatic rings. The Hall–Kier alpha value is -0.610. The normalized spacial score (nSPS) is 27.3. The van der Waals surface area contributed by atoms with E-state index in [1.807, 2.05) is 4.90 Å². The zero-order valence-corrected chi connectivity index (χ0v) is 9.82. The van der Waals surface area contributed by atoms with Crippen molar-refractivity contribution >= 4 is 5.91 Å². The highest BCUT2D eigenvalue weighted by Crippen LogP contribution is 2.22. The molecule has 4 nitrogen and oxygen atoms in total. The highest BCUT2D eigenvalue weighted by Gasteiger charge is 2.29. The van der Waals surface area contributed by atoms with Gasteiger partial charge >= 0.3 is 0 Å². The molecule has 0 saturated carbocycles. The summed E-state index contributed by atoms with van der Waals surface area (Å²) in [5.41, 5.74) is 0. The van der Waals surface area contributed by atoms with Crippen molar-refractivity contribution in [2.75, 3.05) is 26.2 Å². The third-order valence-electron chi connectivity index (χ3n) is 3.83. The first-order valence-electron chi connectivity index (χ1n) is 6.42. The first-order chi connectivity index (χ1) is 7.81. The van der Waals surface area contributed by atoms with Crippen LogP contribution in [0.5, 0.6) is 0 Å². The molecule has 2 aliphatic heterocycles. The van der Waals surface area contributed by atoms with Gasteiger partial charge in [0.15, 0.2) is 0 Å². The molecule has 0 radical (unpaired) electrons. The van der Waals surface area contributed by atoms with Crippen molar-refractivity contribution in [3.63, 3.8) is 0 Å². The number of rotatable bonds is 3. The van der Waals surface area contributed by atoms with Crippen LogP contribution in [-0.4, -0.2) is 48.2 Å². The fourth-order valence-corrected chi connectivity index (χ4v) is 2.80. The summed E-state index contributed by atoms with van der Waals surface area (Å²) >= 11 is 0.